The van der Waals surface area contributed by atoms with E-state index >= 15 is 0 Å². The Bertz CT molecular complexity index is 423. The van der Waals surface area contributed by atoms with E-state index in [-0.39, 0.29) is 0 Å². The lowest BCUT2D eigenvalue weighted by molar-refractivity contribution is 0.0277. The van der Waals surface area contributed by atoms with E-state index in [1.165, 1.54) is 44.5 Å². The monoisotopic (exact) mass is 288 g/mol. The summed E-state index contributed by atoms with van der Waals surface area (Å²) in [6.45, 7) is 6.83. The third-order valence-corrected chi connectivity index (χ3v) is 5.22. The first kappa shape index (κ1) is 15.0. The van der Waals surface area contributed by atoms with Crippen LogP contribution < -0.4 is 5.32 Å². The number of ether oxygens (including phenoxy) is 1. The van der Waals surface area contributed by atoms with Crippen molar-refractivity contribution in [1.82, 2.24) is 10.2 Å². The van der Waals surface area contributed by atoms with Gasteiger partial charge in [0.25, 0.3) is 0 Å². The van der Waals surface area contributed by atoms with Gasteiger partial charge in [-0.3, -0.25) is 0 Å². The maximum Gasteiger partial charge on any atom is 0.0531 e. The Morgan fingerprint density at radius 1 is 1.24 bits per heavy atom. The van der Waals surface area contributed by atoms with E-state index in [1.807, 2.05) is 7.11 Å². The Kier molecular flexibility index (Phi) is 4.94. The molecule has 2 fully saturated rings. The molecule has 0 bridgehead atoms. The molecule has 2 saturated heterocycles. The Morgan fingerprint density at radius 3 is 2.71 bits per heavy atom. The molecule has 3 rings (SSSR count). The van der Waals surface area contributed by atoms with Crippen LogP contribution in [-0.2, 0) is 4.74 Å². The normalized spacial score (nSPS) is 26.0. The summed E-state index contributed by atoms with van der Waals surface area (Å²) in [4.78, 5) is 2.67. The minimum atomic E-state index is 0.367. The quantitative estimate of drug-likeness (QED) is 0.901. The molecule has 0 aliphatic carbocycles. The second-order valence-corrected chi connectivity index (χ2v) is 6.81. The third-order valence-electron chi connectivity index (χ3n) is 5.22. The first-order chi connectivity index (χ1) is 10.3. The van der Waals surface area contributed by atoms with Crippen molar-refractivity contribution in [1.29, 1.82) is 0 Å². The van der Waals surface area contributed by atoms with Crippen LogP contribution in [0.3, 0.4) is 0 Å². The average Bonchev–Trinajstić information content (AvgIpc) is 2.97. The van der Waals surface area contributed by atoms with Gasteiger partial charge in [-0.05, 0) is 50.4 Å². The van der Waals surface area contributed by atoms with Gasteiger partial charge in [-0.25, -0.2) is 0 Å². The van der Waals surface area contributed by atoms with E-state index in [9.17, 15) is 0 Å². The molecule has 3 heteroatoms. The fraction of sp³-hybridized carbons (Fsp3) is 0.667. The van der Waals surface area contributed by atoms with Gasteiger partial charge in [0.05, 0.1) is 6.61 Å². The van der Waals surface area contributed by atoms with Crippen LogP contribution in [0.4, 0.5) is 0 Å². The van der Waals surface area contributed by atoms with Crippen LogP contribution in [0.1, 0.15) is 30.7 Å². The largest absolute Gasteiger partial charge is 0.384 e. The molecule has 1 atom stereocenters. The molecule has 0 radical (unpaired) electrons. The van der Waals surface area contributed by atoms with E-state index in [0.29, 0.717) is 11.3 Å². The Labute approximate surface area is 128 Å². The van der Waals surface area contributed by atoms with Crippen molar-refractivity contribution in [2.45, 2.75) is 25.2 Å². The lowest BCUT2D eigenvalue weighted by atomic mass is 9.79. The number of hydrogen-bond donors (Lipinski definition) is 1. The number of nitrogens with one attached hydrogen (secondary N) is 1. The van der Waals surface area contributed by atoms with E-state index in [0.717, 1.165) is 19.7 Å². The first-order valence-electron chi connectivity index (χ1n) is 8.28. The molecule has 1 aromatic rings. The Balaban J connectivity index is 1.60. The summed E-state index contributed by atoms with van der Waals surface area (Å²) in [6, 6.07) is 11.0. The maximum atomic E-state index is 5.55. The van der Waals surface area contributed by atoms with Crippen molar-refractivity contribution in [3.05, 3.63) is 35.9 Å². The number of rotatable bonds is 5. The van der Waals surface area contributed by atoms with Gasteiger partial charge < -0.3 is 15.0 Å². The van der Waals surface area contributed by atoms with Gasteiger partial charge in [0.1, 0.15) is 0 Å². The van der Waals surface area contributed by atoms with Crippen LogP contribution >= 0.6 is 0 Å². The highest BCUT2D eigenvalue weighted by atomic mass is 16.5. The van der Waals surface area contributed by atoms with Crippen molar-refractivity contribution < 1.29 is 4.74 Å². The average molecular weight is 288 g/mol. The summed E-state index contributed by atoms with van der Waals surface area (Å²) >= 11 is 0. The van der Waals surface area contributed by atoms with Crippen LogP contribution in [0.25, 0.3) is 0 Å². The summed E-state index contributed by atoms with van der Waals surface area (Å²) in [6.07, 6.45) is 3.78. The molecule has 21 heavy (non-hydrogen) atoms. The molecule has 0 aromatic heterocycles. The van der Waals surface area contributed by atoms with Crippen LogP contribution in [-0.4, -0.2) is 51.3 Å². The van der Waals surface area contributed by atoms with Gasteiger partial charge in [-0.2, -0.15) is 0 Å². The van der Waals surface area contributed by atoms with Gasteiger partial charge >= 0.3 is 0 Å². The number of benzene rings is 1. The van der Waals surface area contributed by atoms with Crippen LogP contribution in [0.5, 0.6) is 0 Å². The summed E-state index contributed by atoms with van der Waals surface area (Å²) < 4.78 is 5.55. The molecule has 1 unspecified atom stereocenters. The van der Waals surface area contributed by atoms with E-state index in [2.05, 4.69) is 40.5 Å². The summed E-state index contributed by atoms with van der Waals surface area (Å²) in [5.74, 6) is 0.715. The molecular weight excluding hydrogens is 260 g/mol. The third kappa shape index (κ3) is 3.65. The molecule has 1 N–H and O–H groups in total. The lowest BCUT2D eigenvalue weighted by Crippen LogP contribution is -2.46. The molecule has 0 amide bonds. The van der Waals surface area contributed by atoms with E-state index < -0.39 is 0 Å². The number of likely N-dealkylation sites (tertiary alicyclic amines) is 1. The van der Waals surface area contributed by atoms with Crippen LogP contribution in [0, 0.1) is 5.41 Å². The standard InChI is InChI=1S/C18H28N2O/c1-21-15-18(8-10-19-11-9-18)14-20-12-7-17(13-20)16-5-3-2-4-6-16/h2-6,17,19H,7-15H2,1H3. The highest BCUT2D eigenvalue weighted by Crippen LogP contribution is 2.34. The SMILES string of the molecule is COCC1(CN2CCC(c3ccccc3)C2)CCNCC1. The molecule has 2 heterocycles. The minimum Gasteiger partial charge on any atom is -0.384 e. The summed E-state index contributed by atoms with van der Waals surface area (Å²) in [5, 5.41) is 3.48. The second-order valence-electron chi connectivity index (χ2n) is 6.81. The zero-order valence-corrected chi connectivity index (χ0v) is 13.2. The maximum absolute atomic E-state index is 5.55. The zero-order chi connectivity index (χ0) is 14.5. The van der Waals surface area contributed by atoms with Crippen molar-refractivity contribution in [2.24, 2.45) is 5.41 Å². The summed E-state index contributed by atoms with van der Waals surface area (Å²) in [5.41, 5.74) is 1.87. The fourth-order valence-corrected chi connectivity index (χ4v) is 4.06. The number of piperidine rings is 1. The van der Waals surface area contributed by atoms with Gasteiger partial charge in [-0.1, -0.05) is 30.3 Å². The van der Waals surface area contributed by atoms with E-state index in [1.54, 1.807) is 0 Å². The molecule has 116 valence electrons. The summed E-state index contributed by atoms with van der Waals surface area (Å²) in [7, 11) is 1.85. The van der Waals surface area contributed by atoms with Crippen molar-refractivity contribution >= 4 is 0 Å². The van der Waals surface area contributed by atoms with Crippen LogP contribution in [0.2, 0.25) is 0 Å². The Morgan fingerprint density at radius 2 is 2.00 bits per heavy atom. The van der Waals surface area contributed by atoms with Gasteiger partial charge in [0.15, 0.2) is 0 Å². The van der Waals surface area contributed by atoms with Gasteiger partial charge in [-0.15, -0.1) is 0 Å². The molecule has 3 nitrogen and oxygen atoms in total. The minimum absolute atomic E-state index is 0.367. The number of hydrogen-bond acceptors (Lipinski definition) is 3. The highest BCUT2D eigenvalue weighted by Gasteiger charge is 2.36. The molecule has 2 aliphatic rings. The molecule has 2 aliphatic heterocycles. The number of nitrogens with zero attached hydrogens (tertiary/aromatic N) is 1. The number of methoxy groups -OCH3 is 1. The molecule has 0 saturated carbocycles. The molecular formula is C18H28N2O. The fourth-order valence-electron chi connectivity index (χ4n) is 4.06. The van der Waals surface area contributed by atoms with Gasteiger partial charge in [0.2, 0.25) is 0 Å². The predicted octanol–water partition coefficient (Wildman–Crippen LogP) is 2.49. The Hall–Kier alpha value is -0.900. The smallest absolute Gasteiger partial charge is 0.0531 e. The van der Waals surface area contributed by atoms with Gasteiger partial charge in [0, 0.05) is 25.6 Å². The topological polar surface area (TPSA) is 24.5 Å². The van der Waals surface area contributed by atoms with Crippen molar-refractivity contribution in [2.75, 3.05) is 46.4 Å². The second kappa shape index (κ2) is 6.91. The van der Waals surface area contributed by atoms with E-state index in [4.69, 9.17) is 4.74 Å². The highest BCUT2D eigenvalue weighted by molar-refractivity contribution is 5.21. The van der Waals surface area contributed by atoms with Crippen molar-refractivity contribution in [3.63, 3.8) is 0 Å². The molecule has 1 aromatic carbocycles. The van der Waals surface area contributed by atoms with Crippen LogP contribution in [0.15, 0.2) is 30.3 Å². The zero-order valence-electron chi connectivity index (χ0n) is 13.2. The predicted molar refractivity (Wildman–Crippen MR) is 86.7 cm³/mol. The van der Waals surface area contributed by atoms with Crippen molar-refractivity contribution in [3.8, 4) is 0 Å². The molecule has 0 spiro atoms. The first-order valence-corrected chi connectivity index (χ1v) is 8.28. The lowest BCUT2D eigenvalue weighted by Gasteiger charge is -2.40.